The van der Waals surface area contributed by atoms with Crippen LogP contribution in [0.1, 0.15) is 44.8 Å². The minimum Gasteiger partial charge on any atom is -0.387 e. The molecule has 1 aromatic carbocycles. The molecule has 3 rings (SSSR count). The Morgan fingerprint density at radius 3 is 2.73 bits per heavy atom. The van der Waals surface area contributed by atoms with E-state index in [9.17, 15) is 4.79 Å². The molecule has 0 radical (unpaired) electrons. The number of ether oxygens (including phenoxy) is 1. The van der Waals surface area contributed by atoms with Gasteiger partial charge in [-0.05, 0) is 32.3 Å². The van der Waals surface area contributed by atoms with E-state index in [4.69, 9.17) is 9.57 Å². The van der Waals surface area contributed by atoms with Gasteiger partial charge in [-0.1, -0.05) is 35.5 Å². The summed E-state index contributed by atoms with van der Waals surface area (Å²) in [6, 6.07) is 10.1. The molecule has 0 spiro atoms. The highest BCUT2D eigenvalue weighted by atomic mass is 16.6. The fourth-order valence-electron chi connectivity index (χ4n) is 3.35. The van der Waals surface area contributed by atoms with Gasteiger partial charge < -0.3 is 19.8 Å². The maximum atomic E-state index is 12.5. The lowest BCUT2D eigenvalue weighted by atomic mass is 10.0. The van der Waals surface area contributed by atoms with Crippen LogP contribution in [0.4, 0.5) is 0 Å². The molecule has 0 saturated carbocycles. The summed E-state index contributed by atoms with van der Waals surface area (Å²) in [5.74, 6) is -0.0926. The summed E-state index contributed by atoms with van der Waals surface area (Å²) in [7, 11) is 0. The van der Waals surface area contributed by atoms with E-state index >= 15 is 0 Å². The third kappa shape index (κ3) is 5.29. The summed E-state index contributed by atoms with van der Waals surface area (Å²) in [6.07, 6.45) is 2.58. The van der Waals surface area contributed by atoms with Crippen molar-refractivity contribution >= 4 is 11.6 Å². The summed E-state index contributed by atoms with van der Waals surface area (Å²) in [4.78, 5) is 20.3. The Labute approximate surface area is 155 Å². The van der Waals surface area contributed by atoms with E-state index < -0.39 is 0 Å². The number of nitrogens with zero attached hydrogens (tertiary/aromatic N) is 2. The zero-order chi connectivity index (χ0) is 18.4. The molecule has 6 nitrogen and oxygen atoms in total. The molecule has 1 unspecified atom stereocenters. The highest BCUT2D eigenvalue weighted by molar-refractivity contribution is 6.39. The van der Waals surface area contributed by atoms with Crippen LogP contribution in [0.2, 0.25) is 0 Å². The number of carbonyl (C=O) groups is 1. The number of hydrogen-bond donors (Lipinski definition) is 1. The molecule has 2 aliphatic rings. The van der Waals surface area contributed by atoms with Gasteiger partial charge in [0.2, 0.25) is 0 Å². The van der Waals surface area contributed by atoms with Gasteiger partial charge in [-0.25, -0.2) is 0 Å². The number of benzene rings is 1. The minimum absolute atomic E-state index is 0.0926. The topological polar surface area (TPSA) is 63.2 Å². The minimum atomic E-state index is -0.153. The Morgan fingerprint density at radius 2 is 2.04 bits per heavy atom. The van der Waals surface area contributed by atoms with Crippen LogP contribution in [0.3, 0.4) is 0 Å². The highest BCUT2D eigenvalue weighted by Crippen LogP contribution is 2.27. The first kappa shape index (κ1) is 18.9. The normalized spacial score (nSPS) is 21.5. The third-order valence-corrected chi connectivity index (χ3v) is 4.88. The lowest BCUT2D eigenvalue weighted by molar-refractivity contribution is -0.115. The molecular weight excluding hydrogens is 330 g/mol. The largest absolute Gasteiger partial charge is 0.387 e. The third-order valence-electron chi connectivity index (χ3n) is 4.88. The quantitative estimate of drug-likeness (QED) is 0.812. The smallest absolute Gasteiger partial charge is 0.269 e. The van der Waals surface area contributed by atoms with Crippen LogP contribution in [-0.2, 0) is 14.4 Å². The van der Waals surface area contributed by atoms with Crippen LogP contribution in [0, 0.1) is 0 Å². The Balaban J connectivity index is 1.38. The lowest BCUT2D eigenvalue weighted by Crippen LogP contribution is -2.47. The van der Waals surface area contributed by atoms with Crippen molar-refractivity contribution in [3.63, 3.8) is 0 Å². The molecule has 1 amide bonds. The molecule has 2 heterocycles. The predicted octanol–water partition coefficient (Wildman–Crippen LogP) is 2.51. The predicted molar refractivity (Wildman–Crippen MR) is 101 cm³/mol. The van der Waals surface area contributed by atoms with Gasteiger partial charge in [0.15, 0.2) is 6.10 Å². The average Bonchev–Trinajstić information content (AvgIpc) is 3.14. The van der Waals surface area contributed by atoms with E-state index in [0.717, 1.165) is 44.6 Å². The standard InChI is InChI=1S/C20H29N3O3/c1-15(2)25-13-12-23-10-8-17(9-11-23)21-20(24)18-14-19(26-22-18)16-6-4-3-5-7-16/h3-7,15,17,19H,8-14H2,1-2H3,(H,21,24). The van der Waals surface area contributed by atoms with E-state index in [1.807, 2.05) is 30.3 Å². The molecule has 0 aromatic heterocycles. The number of hydrogen-bond acceptors (Lipinski definition) is 5. The zero-order valence-corrected chi connectivity index (χ0v) is 15.7. The van der Waals surface area contributed by atoms with Gasteiger partial charge in [0.05, 0.1) is 12.7 Å². The Morgan fingerprint density at radius 1 is 1.31 bits per heavy atom. The number of amides is 1. The second-order valence-electron chi connectivity index (χ2n) is 7.26. The maximum Gasteiger partial charge on any atom is 0.269 e. The van der Waals surface area contributed by atoms with Gasteiger partial charge in [-0.2, -0.15) is 0 Å². The molecule has 1 saturated heterocycles. The fraction of sp³-hybridized carbons (Fsp3) is 0.600. The van der Waals surface area contributed by atoms with Crippen LogP contribution in [0.5, 0.6) is 0 Å². The van der Waals surface area contributed by atoms with Crippen molar-refractivity contribution in [3.05, 3.63) is 35.9 Å². The van der Waals surface area contributed by atoms with Gasteiger partial charge >= 0.3 is 0 Å². The number of oxime groups is 1. The van der Waals surface area contributed by atoms with E-state index in [0.29, 0.717) is 12.1 Å². The molecule has 0 bridgehead atoms. The van der Waals surface area contributed by atoms with Gasteiger partial charge in [0, 0.05) is 32.1 Å². The van der Waals surface area contributed by atoms with Gasteiger partial charge in [0.25, 0.3) is 5.91 Å². The number of nitrogens with one attached hydrogen (secondary N) is 1. The van der Waals surface area contributed by atoms with Crippen LogP contribution >= 0.6 is 0 Å². The highest BCUT2D eigenvalue weighted by Gasteiger charge is 2.29. The number of likely N-dealkylation sites (tertiary alicyclic amines) is 1. The number of rotatable bonds is 7. The van der Waals surface area contributed by atoms with Crippen molar-refractivity contribution in [1.82, 2.24) is 10.2 Å². The molecule has 1 N–H and O–H groups in total. The summed E-state index contributed by atoms with van der Waals surface area (Å²) in [5, 5.41) is 7.13. The number of carbonyl (C=O) groups excluding carboxylic acids is 1. The molecular formula is C20H29N3O3. The Hall–Kier alpha value is -1.92. The van der Waals surface area contributed by atoms with Crippen molar-refractivity contribution in [2.45, 2.75) is 51.4 Å². The maximum absolute atomic E-state index is 12.5. The van der Waals surface area contributed by atoms with Crippen molar-refractivity contribution in [3.8, 4) is 0 Å². The first-order chi connectivity index (χ1) is 12.6. The van der Waals surface area contributed by atoms with Crippen LogP contribution < -0.4 is 5.32 Å². The zero-order valence-electron chi connectivity index (χ0n) is 15.7. The molecule has 1 fully saturated rings. The second kappa shape index (κ2) is 9.14. The summed E-state index contributed by atoms with van der Waals surface area (Å²) in [6.45, 7) is 7.81. The SMILES string of the molecule is CC(C)OCCN1CCC(NC(=O)C2=NOC(c3ccccc3)C2)CC1. The lowest BCUT2D eigenvalue weighted by Gasteiger charge is -2.32. The van der Waals surface area contributed by atoms with E-state index in [1.54, 1.807) is 0 Å². The van der Waals surface area contributed by atoms with Crippen LogP contribution in [0.15, 0.2) is 35.5 Å². The van der Waals surface area contributed by atoms with Crippen molar-refractivity contribution in [2.75, 3.05) is 26.2 Å². The first-order valence-electron chi connectivity index (χ1n) is 9.54. The first-order valence-corrected chi connectivity index (χ1v) is 9.54. The van der Waals surface area contributed by atoms with Crippen LogP contribution in [-0.4, -0.2) is 54.9 Å². The summed E-state index contributed by atoms with van der Waals surface area (Å²) >= 11 is 0. The molecule has 26 heavy (non-hydrogen) atoms. The summed E-state index contributed by atoms with van der Waals surface area (Å²) in [5.41, 5.74) is 1.54. The molecule has 1 aromatic rings. The van der Waals surface area contributed by atoms with E-state index in [-0.39, 0.29) is 24.2 Å². The van der Waals surface area contributed by atoms with Crippen molar-refractivity contribution < 1.29 is 14.4 Å². The second-order valence-corrected chi connectivity index (χ2v) is 7.26. The summed E-state index contributed by atoms with van der Waals surface area (Å²) < 4.78 is 5.61. The molecule has 1 atom stereocenters. The molecule has 0 aliphatic carbocycles. The Kier molecular flexibility index (Phi) is 6.63. The fourth-order valence-corrected chi connectivity index (χ4v) is 3.35. The number of piperidine rings is 1. The van der Waals surface area contributed by atoms with Gasteiger partial charge in [-0.15, -0.1) is 0 Å². The van der Waals surface area contributed by atoms with Crippen molar-refractivity contribution in [1.29, 1.82) is 0 Å². The van der Waals surface area contributed by atoms with E-state index in [2.05, 4.69) is 29.2 Å². The Bertz CT molecular complexity index is 610. The van der Waals surface area contributed by atoms with Crippen LogP contribution in [0.25, 0.3) is 0 Å². The molecule has 6 heteroatoms. The van der Waals surface area contributed by atoms with Crippen molar-refractivity contribution in [2.24, 2.45) is 5.16 Å². The monoisotopic (exact) mass is 359 g/mol. The van der Waals surface area contributed by atoms with Gasteiger partial charge in [-0.3, -0.25) is 4.79 Å². The van der Waals surface area contributed by atoms with E-state index in [1.165, 1.54) is 0 Å². The van der Waals surface area contributed by atoms with Gasteiger partial charge in [0.1, 0.15) is 5.71 Å². The molecule has 142 valence electrons. The average molecular weight is 359 g/mol. The molecule has 2 aliphatic heterocycles.